The third-order valence-corrected chi connectivity index (χ3v) is 5.45. The number of carbonyl (C=O) groups is 3. The van der Waals surface area contributed by atoms with Crippen molar-refractivity contribution in [3.8, 4) is 0 Å². The molecule has 2 aliphatic rings. The van der Waals surface area contributed by atoms with Crippen LogP contribution in [0.2, 0.25) is 0 Å². The number of imide groups is 1. The highest BCUT2D eigenvalue weighted by Crippen LogP contribution is 2.26. The van der Waals surface area contributed by atoms with Crippen molar-refractivity contribution >= 4 is 29.4 Å². The Labute approximate surface area is 168 Å². The Morgan fingerprint density at radius 1 is 1.10 bits per heavy atom. The third-order valence-electron chi connectivity index (χ3n) is 5.45. The van der Waals surface area contributed by atoms with E-state index in [9.17, 15) is 14.4 Å². The zero-order valence-electron chi connectivity index (χ0n) is 16.2. The molecule has 1 atom stereocenters. The number of anilines is 2. The van der Waals surface area contributed by atoms with Gasteiger partial charge in [0, 0.05) is 25.0 Å². The fraction of sp³-hybridized carbons (Fsp3) is 0.333. The summed E-state index contributed by atoms with van der Waals surface area (Å²) < 4.78 is 0. The summed E-state index contributed by atoms with van der Waals surface area (Å²) in [5, 5.41) is 7.76. The molecule has 3 N–H and O–H groups in total. The van der Waals surface area contributed by atoms with Gasteiger partial charge in [0.05, 0.1) is 5.56 Å². The zero-order chi connectivity index (χ0) is 20.4. The Bertz CT molecular complexity index is 953. The van der Waals surface area contributed by atoms with Gasteiger partial charge >= 0.3 is 6.03 Å². The van der Waals surface area contributed by atoms with Gasteiger partial charge in [0.2, 0.25) is 0 Å². The van der Waals surface area contributed by atoms with E-state index in [-0.39, 0.29) is 5.91 Å². The maximum atomic E-state index is 12.9. The molecule has 1 aromatic carbocycles. The van der Waals surface area contributed by atoms with Gasteiger partial charge in [0.1, 0.15) is 11.4 Å². The molecular formula is C21H23N5O3. The van der Waals surface area contributed by atoms with Crippen LogP contribution in [0.1, 0.15) is 42.1 Å². The number of hydrogen-bond acceptors (Lipinski definition) is 5. The first-order valence-electron chi connectivity index (χ1n) is 9.73. The Morgan fingerprint density at radius 3 is 2.48 bits per heavy atom. The van der Waals surface area contributed by atoms with Crippen molar-refractivity contribution in [2.24, 2.45) is 0 Å². The van der Waals surface area contributed by atoms with Crippen LogP contribution in [0.4, 0.5) is 16.3 Å². The molecule has 0 bridgehead atoms. The third kappa shape index (κ3) is 3.65. The van der Waals surface area contributed by atoms with Gasteiger partial charge in [-0.1, -0.05) is 12.1 Å². The average Bonchev–Trinajstić information content (AvgIpc) is 3.01. The van der Waals surface area contributed by atoms with Gasteiger partial charge in [-0.3, -0.25) is 14.9 Å². The van der Waals surface area contributed by atoms with Gasteiger partial charge in [-0.2, -0.15) is 0 Å². The maximum Gasteiger partial charge on any atom is 0.322 e. The lowest BCUT2D eigenvalue weighted by Crippen LogP contribution is -2.40. The predicted molar refractivity (Wildman–Crippen MR) is 109 cm³/mol. The molecular weight excluding hydrogens is 370 g/mol. The number of urea groups is 1. The Balaban J connectivity index is 1.51. The summed E-state index contributed by atoms with van der Waals surface area (Å²) in [5.41, 5.74) is 0.646. The fourth-order valence-electron chi connectivity index (χ4n) is 3.76. The van der Waals surface area contributed by atoms with Crippen molar-refractivity contribution in [1.29, 1.82) is 0 Å². The molecule has 29 heavy (non-hydrogen) atoms. The number of piperidine rings is 1. The van der Waals surface area contributed by atoms with Crippen LogP contribution in [0.25, 0.3) is 0 Å². The lowest BCUT2D eigenvalue weighted by atomic mass is 9.92. The van der Waals surface area contributed by atoms with E-state index in [0.29, 0.717) is 22.6 Å². The monoisotopic (exact) mass is 393 g/mol. The highest BCUT2D eigenvalue weighted by atomic mass is 16.2. The van der Waals surface area contributed by atoms with Crippen molar-refractivity contribution in [3.05, 3.63) is 53.7 Å². The molecule has 2 fully saturated rings. The Morgan fingerprint density at radius 2 is 1.83 bits per heavy atom. The SMILES string of the molecule is CC1(c2ccc(NC(=O)c3cccnc3N3CCCCC3)cc2)NC(=O)NC1=O. The zero-order valence-corrected chi connectivity index (χ0v) is 16.2. The number of benzene rings is 1. The summed E-state index contributed by atoms with van der Waals surface area (Å²) in [6.45, 7) is 3.44. The van der Waals surface area contributed by atoms with Crippen LogP contribution in [0.15, 0.2) is 42.6 Å². The molecule has 8 nitrogen and oxygen atoms in total. The summed E-state index contributed by atoms with van der Waals surface area (Å²) >= 11 is 0. The first kappa shape index (κ1) is 18.9. The van der Waals surface area contributed by atoms with E-state index in [2.05, 4.69) is 25.8 Å². The number of aromatic nitrogens is 1. The molecule has 8 heteroatoms. The van der Waals surface area contributed by atoms with Crippen LogP contribution in [-0.2, 0) is 10.3 Å². The van der Waals surface area contributed by atoms with Gasteiger partial charge in [-0.15, -0.1) is 0 Å². The van der Waals surface area contributed by atoms with Gasteiger partial charge in [-0.25, -0.2) is 9.78 Å². The number of nitrogens with zero attached hydrogens (tertiary/aromatic N) is 2. The van der Waals surface area contributed by atoms with Crippen molar-refractivity contribution in [2.75, 3.05) is 23.3 Å². The second kappa shape index (κ2) is 7.54. The largest absolute Gasteiger partial charge is 0.356 e. The molecule has 1 aromatic heterocycles. The molecule has 2 aromatic rings. The molecule has 3 heterocycles. The van der Waals surface area contributed by atoms with Gasteiger partial charge in [-0.05, 0) is 56.0 Å². The number of carbonyl (C=O) groups excluding carboxylic acids is 3. The number of hydrogen-bond donors (Lipinski definition) is 3. The summed E-state index contributed by atoms with van der Waals surface area (Å²) in [7, 11) is 0. The fourth-order valence-corrected chi connectivity index (χ4v) is 3.76. The molecule has 0 saturated carbocycles. The topological polar surface area (TPSA) is 103 Å². The molecule has 0 radical (unpaired) electrons. The lowest BCUT2D eigenvalue weighted by molar-refractivity contribution is -0.123. The van der Waals surface area contributed by atoms with Crippen molar-refractivity contribution in [3.63, 3.8) is 0 Å². The van der Waals surface area contributed by atoms with E-state index in [4.69, 9.17) is 0 Å². The minimum Gasteiger partial charge on any atom is -0.356 e. The maximum absolute atomic E-state index is 12.9. The van der Waals surface area contributed by atoms with E-state index in [1.54, 1.807) is 49.5 Å². The molecule has 4 amide bonds. The summed E-state index contributed by atoms with van der Waals surface area (Å²) in [6.07, 6.45) is 5.11. The standard InChI is InChI=1S/C21H23N5O3/c1-21(19(28)24-20(29)25-21)14-7-9-15(10-8-14)23-18(27)16-6-5-11-22-17(16)26-12-3-2-4-13-26/h5-11H,2-4,12-13H2,1H3,(H,23,27)(H2,24,25,28,29). The first-order valence-corrected chi connectivity index (χ1v) is 9.73. The van der Waals surface area contributed by atoms with E-state index in [1.165, 1.54) is 6.42 Å². The highest BCUT2D eigenvalue weighted by molar-refractivity contribution is 6.08. The van der Waals surface area contributed by atoms with Crippen LogP contribution in [0.3, 0.4) is 0 Å². The number of amides is 4. The van der Waals surface area contributed by atoms with Gasteiger partial charge in [0.15, 0.2) is 0 Å². The predicted octanol–water partition coefficient (Wildman–Crippen LogP) is 2.38. The van der Waals surface area contributed by atoms with Gasteiger partial charge < -0.3 is 15.5 Å². The normalized spacial score (nSPS) is 21.5. The van der Waals surface area contributed by atoms with Crippen LogP contribution in [-0.4, -0.2) is 35.9 Å². The first-order chi connectivity index (χ1) is 14.0. The van der Waals surface area contributed by atoms with E-state index < -0.39 is 17.5 Å². The van der Waals surface area contributed by atoms with Gasteiger partial charge in [0.25, 0.3) is 11.8 Å². The average molecular weight is 393 g/mol. The Kier molecular flexibility index (Phi) is 4.92. The Hall–Kier alpha value is -3.42. The number of pyridine rings is 1. The molecule has 2 saturated heterocycles. The summed E-state index contributed by atoms with van der Waals surface area (Å²) in [5.74, 6) is 0.0736. The second-order valence-corrected chi connectivity index (χ2v) is 7.49. The van der Waals surface area contributed by atoms with Crippen molar-refractivity contribution in [2.45, 2.75) is 31.7 Å². The van der Waals surface area contributed by atoms with E-state index in [1.807, 2.05) is 0 Å². The summed E-state index contributed by atoms with van der Waals surface area (Å²) in [6, 6.07) is 9.89. The van der Waals surface area contributed by atoms with Crippen LogP contribution in [0.5, 0.6) is 0 Å². The quantitative estimate of drug-likeness (QED) is 0.692. The lowest BCUT2D eigenvalue weighted by Gasteiger charge is -2.29. The molecule has 0 spiro atoms. The van der Waals surface area contributed by atoms with E-state index >= 15 is 0 Å². The molecule has 0 aliphatic carbocycles. The summed E-state index contributed by atoms with van der Waals surface area (Å²) in [4.78, 5) is 43.0. The molecule has 1 unspecified atom stereocenters. The minimum absolute atomic E-state index is 0.232. The molecule has 2 aliphatic heterocycles. The van der Waals surface area contributed by atoms with Crippen molar-refractivity contribution in [1.82, 2.24) is 15.6 Å². The number of rotatable bonds is 4. The van der Waals surface area contributed by atoms with Crippen LogP contribution >= 0.6 is 0 Å². The second-order valence-electron chi connectivity index (χ2n) is 7.49. The highest BCUT2D eigenvalue weighted by Gasteiger charge is 2.43. The molecule has 4 rings (SSSR count). The smallest absolute Gasteiger partial charge is 0.322 e. The van der Waals surface area contributed by atoms with Crippen LogP contribution < -0.4 is 20.9 Å². The molecule has 150 valence electrons. The minimum atomic E-state index is -1.12. The van der Waals surface area contributed by atoms with Crippen molar-refractivity contribution < 1.29 is 14.4 Å². The van der Waals surface area contributed by atoms with Crippen LogP contribution in [0, 0.1) is 0 Å². The van der Waals surface area contributed by atoms with E-state index in [0.717, 1.165) is 25.9 Å². The number of nitrogens with one attached hydrogen (secondary N) is 3.